The van der Waals surface area contributed by atoms with Gasteiger partial charge in [-0.3, -0.25) is 9.59 Å². The summed E-state index contributed by atoms with van der Waals surface area (Å²) in [6, 6.07) is -0.617. The second-order valence-electron chi connectivity index (χ2n) is 5.41. The number of aliphatic hydroxyl groups is 1. The Labute approximate surface area is 109 Å². The van der Waals surface area contributed by atoms with E-state index in [2.05, 4.69) is 5.32 Å². The molecular weight excluding hydrogens is 234 g/mol. The van der Waals surface area contributed by atoms with E-state index in [0.29, 0.717) is 0 Å². The fourth-order valence-electron chi connectivity index (χ4n) is 1.15. The average molecular weight is 259 g/mol. The van der Waals surface area contributed by atoms with Crippen LogP contribution in [0, 0.1) is 5.92 Å². The number of nitrogens with one attached hydrogen (secondary N) is 1. The molecule has 0 aliphatic heterocycles. The first-order chi connectivity index (χ1) is 8.13. The van der Waals surface area contributed by atoms with E-state index in [1.54, 1.807) is 20.9 Å². The monoisotopic (exact) mass is 259 g/mol. The minimum atomic E-state index is -0.651. The van der Waals surface area contributed by atoms with E-state index >= 15 is 0 Å². The summed E-state index contributed by atoms with van der Waals surface area (Å²) in [5, 5.41) is 11.7. The van der Waals surface area contributed by atoms with E-state index < -0.39 is 11.6 Å². The lowest BCUT2D eigenvalue weighted by atomic mass is 10.0. The third kappa shape index (κ3) is 4.62. The standard InChI is InChI=1S/C12H25N3O3/c1-8(2)10(13)11(18)14-6-9(17)15(5)12(3,4)7-16/h8,10,16H,6-7,13H2,1-5H3,(H,14,18)/t10-/m0/s1. The number of aliphatic hydroxyl groups excluding tert-OH is 1. The molecule has 0 aliphatic rings. The van der Waals surface area contributed by atoms with Gasteiger partial charge in [-0.25, -0.2) is 0 Å². The van der Waals surface area contributed by atoms with E-state index in [4.69, 9.17) is 10.8 Å². The summed E-state index contributed by atoms with van der Waals surface area (Å²) in [6.07, 6.45) is 0. The Morgan fingerprint density at radius 1 is 1.39 bits per heavy atom. The van der Waals surface area contributed by atoms with Gasteiger partial charge in [-0.15, -0.1) is 0 Å². The van der Waals surface area contributed by atoms with Gasteiger partial charge >= 0.3 is 0 Å². The predicted octanol–water partition coefficient (Wildman–Crippen LogP) is -0.685. The van der Waals surface area contributed by atoms with Crippen LogP contribution in [0.4, 0.5) is 0 Å². The van der Waals surface area contributed by atoms with E-state index in [9.17, 15) is 9.59 Å². The molecule has 18 heavy (non-hydrogen) atoms. The highest BCUT2D eigenvalue weighted by atomic mass is 16.3. The molecule has 0 heterocycles. The van der Waals surface area contributed by atoms with Crippen LogP contribution in [0.5, 0.6) is 0 Å². The Morgan fingerprint density at radius 2 is 1.89 bits per heavy atom. The van der Waals surface area contributed by atoms with Crippen molar-refractivity contribution in [3.05, 3.63) is 0 Å². The van der Waals surface area contributed by atoms with Gasteiger partial charge < -0.3 is 21.1 Å². The molecule has 0 spiro atoms. The highest BCUT2D eigenvalue weighted by Gasteiger charge is 2.27. The molecule has 0 rings (SSSR count). The van der Waals surface area contributed by atoms with Crippen molar-refractivity contribution in [1.29, 1.82) is 0 Å². The highest BCUT2D eigenvalue weighted by Crippen LogP contribution is 2.10. The second kappa shape index (κ2) is 6.70. The van der Waals surface area contributed by atoms with Crippen LogP contribution in [0.1, 0.15) is 27.7 Å². The summed E-state index contributed by atoms with van der Waals surface area (Å²) in [6.45, 7) is 6.91. The van der Waals surface area contributed by atoms with Gasteiger partial charge in [0.1, 0.15) is 0 Å². The summed E-state index contributed by atoms with van der Waals surface area (Å²) in [5.41, 5.74) is 5.01. The first kappa shape index (κ1) is 16.9. The molecule has 2 amide bonds. The Morgan fingerprint density at radius 3 is 2.28 bits per heavy atom. The Hall–Kier alpha value is -1.14. The van der Waals surface area contributed by atoms with Crippen LogP contribution in [0.2, 0.25) is 0 Å². The molecule has 6 nitrogen and oxygen atoms in total. The van der Waals surface area contributed by atoms with Gasteiger partial charge in [-0.2, -0.15) is 0 Å². The zero-order chi connectivity index (χ0) is 14.5. The number of likely N-dealkylation sites (N-methyl/N-ethyl adjacent to an activating group) is 1. The van der Waals surface area contributed by atoms with Crippen molar-refractivity contribution in [2.24, 2.45) is 11.7 Å². The first-order valence-electron chi connectivity index (χ1n) is 6.04. The number of carbonyl (C=O) groups excluding carboxylic acids is 2. The average Bonchev–Trinajstić information content (AvgIpc) is 2.33. The number of rotatable bonds is 6. The lowest BCUT2D eigenvalue weighted by Crippen LogP contribution is -2.52. The molecule has 0 bridgehead atoms. The lowest BCUT2D eigenvalue weighted by Gasteiger charge is -2.34. The summed E-state index contributed by atoms with van der Waals surface area (Å²) < 4.78 is 0. The van der Waals surface area contributed by atoms with Crippen LogP contribution in [0.25, 0.3) is 0 Å². The van der Waals surface area contributed by atoms with Crippen molar-refractivity contribution < 1.29 is 14.7 Å². The molecule has 0 radical (unpaired) electrons. The van der Waals surface area contributed by atoms with Crippen LogP contribution >= 0.6 is 0 Å². The Bertz CT molecular complexity index is 303. The number of hydrogen-bond donors (Lipinski definition) is 3. The quantitative estimate of drug-likeness (QED) is 0.588. The van der Waals surface area contributed by atoms with Gasteiger partial charge in [-0.05, 0) is 19.8 Å². The molecule has 0 fully saturated rings. The van der Waals surface area contributed by atoms with Crippen LogP contribution < -0.4 is 11.1 Å². The van der Waals surface area contributed by atoms with Crippen LogP contribution in [0.3, 0.4) is 0 Å². The summed E-state index contributed by atoms with van der Waals surface area (Å²) >= 11 is 0. The lowest BCUT2D eigenvalue weighted by molar-refractivity contribution is -0.137. The largest absolute Gasteiger partial charge is 0.394 e. The molecule has 1 atom stereocenters. The molecule has 0 saturated heterocycles. The van der Waals surface area contributed by atoms with Crippen molar-refractivity contribution in [3.63, 3.8) is 0 Å². The van der Waals surface area contributed by atoms with Crippen molar-refractivity contribution in [3.8, 4) is 0 Å². The molecule has 0 unspecified atom stereocenters. The number of nitrogens with zero attached hydrogens (tertiary/aromatic N) is 1. The van der Waals surface area contributed by atoms with Crippen molar-refractivity contribution in [1.82, 2.24) is 10.2 Å². The van der Waals surface area contributed by atoms with Crippen LogP contribution in [0.15, 0.2) is 0 Å². The number of nitrogens with two attached hydrogens (primary N) is 1. The van der Waals surface area contributed by atoms with E-state index in [0.717, 1.165) is 0 Å². The van der Waals surface area contributed by atoms with Gasteiger partial charge in [-0.1, -0.05) is 13.8 Å². The number of hydrogen-bond acceptors (Lipinski definition) is 4. The first-order valence-corrected chi connectivity index (χ1v) is 6.04. The fourth-order valence-corrected chi connectivity index (χ4v) is 1.15. The molecule has 0 saturated carbocycles. The zero-order valence-electron chi connectivity index (χ0n) is 11.9. The second-order valence-corrected chi connectivity index (χ2v) is 5.41. The number of amides is 2. The van der Waals surface area contributed by atoms with Gasteiger partial charge in [0.05, 0.1) is 24.7 Å². The molecule has 0 aromatic carbocycles. The molecular formula is C12H25N3O3. The van der Waals surface area contributed by atoms with Crippen molar-refractivity contribution in [2.45, 2.75) is 39.3 Å². The van der Waals surface area contributed by atoms with E-state index in [1.165, 1.54) is 4.90 Å². The number of carbonyl (C=O) groups is 2. The summed E-state index contributed by atoms with van der Waals surface area (Å²) in [7, 11) is 1.59. The third-order valence-electron chi connectivity index (χ3n) is 3.10. The van der Waals surface area contributed by atoms with Gasteiger partial charge in [0.25, 0.3) is 0 Å². The predicted molar refractivity (Wildman–Crippen MR) is 69.8 cm³/mol. The summed E-state index contributed by atoms with van der Waals surface area (Å²) in [4.78, 5) is 24.8. The maximum Gasteiger partial charge on any atom is 0.242 e. The normalized spacial score (nSPS) is 13.3. The minimum absolute atomic E-state index is 0.0201. The maximum atomic E-state index is 11.8. The third-order valence-corrected chi connectivity index (χ3v) is 3.10. The zero-order valence-corrected chi connectivity index (χ0v) is 11.9. The van der Waals surface area contributed by atoms with Gasteiger partial charge in [0.2, 0.25) is 11.8 Å². The molecule has 0 aliphatic carbocycles. The van der Waals surface area contributed by atoms with Gasteiger partial charge in [0.15, 0.2) is 0 Å². The molecule has 106 valence electrons. The van der Waals surface area contributed by atoms with Crippen LogP contribution in [-0.2, 0) is 9.59 Å². The Kier molecular flexibility index (Phi) is 6.28. The molecule has 0 aromatic rings. The molecule has 6 heteroatoms. The summed E-state index contributed by atoms with van der Waals surface area (Å²) in [5.74, 6) is -0.585. The maximum absolute atomic E-state index is 11.8. The Balaban J connectivity index is 4.31. The SMILES string of the molecule is CC(C)[C@H](N)C(=O)NCC(=O)N(C)C(C)(C)CO. The highest BCUT2D eigenvalue weighted by molar-refractivity contribution is 5.87. The van der Waals surface area contributed by atoms with E-state index in [-0.39, 0.29) is 30.9 Å². The topological polar surface area (TPSA) is 95.7 Å². The molecule has 4 N–H and O–H groups in total. The van der Waals surface area contributed by atoms with Crippen molar-refractivity contribution >= 4 is 11.8 Å². The smallest absolute Gasteiger partial charge is 0.242 e. The van der Waals surface area contributed by atoms with Crippen LogP contribution in [-0.4, -0.2) is 53.6 Å². The fraction of sp³-hybridized carbons (Fsp3) is 0.833. The minimum Gasteiger partial charge on any atom is -0.394 e. The molecule has 0 aromatic heterocycles. The van der Waals surface area contributed by atoms with E-state index in [1.807, 2.05) is 13.8 Å². The van der Waals surface area contributed by atoms with Crippen molar-refractivity contribution in [2.75, 3.05) is 20.2 Å². The van der Waals surface area contributed by atoms with Gasteiger partial charge in [0, 0.05) is 7.05 Å².